The molecule has 4 heteroatoms. The van der Waals surface area contributed by atoms with Crippen LogP contribution in [0.5, 0.6) is 0 Å². The fourth-order valence-corrected chi connectivity index (χ4v) is 4.33. The number of nitrogens with zero attached hydrogens (tertiary/aromatic N) is 2. The molecule has 0 radical (unpaired) electrons. The summed E-state index contributed by atoms with van der Waals surface area (Å²) in [4.78, 5) is 0. The average Bonchev–Trinajstić information content (AvgIpc) is 2.91. The molecule has 1 aromatic heterocycles. The van der Waals surface area contributed by atoms with E-state index in [9.17, 15) is 0 Å². The Morgan fingerprint density at radius 2 is 1.95 bits per heavy atom. The predicted molar refractivity (Wildman–Crippen MR) is 86.8 cm³/mol. The maximum atomic E-state index is 4.58. The summed E-state index contributed by atoms with van der Waals surface area (Å²) in [5.74, 6) is 0. The number of benzene rings is 2. The molecule has 0 fully saturated rings. The monoisotopic (exact) mass is 343 g/mol. The average molecular weight is 342 g/mol. The van der Waals surface area contributed by atoms with Gasteiger partial charge < -0.3 is 0 Å². The van der Waals surface area contributed by atoms with E-state index in [4.69, 9.17) is 0 Å². The van der Waals surface area contributed by atoms with Crippen LogP contribution in [0.3, 0.4) is 0 Å². The van der Waals surface area contributed by atoms with Gasteiger partial charge in [-0.05, 0) is 0 Å². The molecule has 2 aromatic carbocycles. The van der Waals surface area contributed by atoms with Crippen molar-refractivity contribution >= 4 is 31.7 Å². The molecule has 0 aliphatic heterocycles. The van der Waals surface area contributed by atoms with Crippen molar-refractivity contribution in [1.82, 2.24) is 7.96 Å². The van der Waals surface area contributed by atoms with Gasteiger partial charge in [0.25, 0.3) is 0 Å². The second-order valence-corrected chi connectivity index (χ2v) is 6.69. The standard InChI is InChI=1S/C17H17N3Se/c1-3-8-13-12(6-1)7-2-4-9-14(13)18-15-10-5-11-16-17(15)20-21-19-16/h1,3,5-6,8,10-11,14,18H,2,4,7,9H2. The molecular weight excluding hydrogens is 325 g/mol. The van der Waals surface area contributed by atoms with Crippen LogP contribution in [-0.4, -0.2) is 22.9 Å². The van der Waals surface area contributed by atoms with Crippen molar-refractivity contribution in [3.05, 3.63) is 53.6 Å². The zero-order valence-corrected chi connectivity index (χ0v) is 13.5. The number of aromatic nitrogens is 2. The summed E-state index contributed by atoms with van der Waals surface area (Å²) >= 11 is 0.0292. The molecule has 1 aliphatic rings. The number of anilines is 1. The van der Waals surface area contributed by atoms with Crippen LogP contribution in [0.15, 0.2) is 42.5 Å². The molecule has 1 atom stereocenters. The zero-order valence-electron chi connectivity index (χ0n) is 11.7. The first-order chi connectivity index (χ1) is 10.4. The van der Waals surface area contributed by atoms with E-state index in [1.54, 1.807) is 0 Å². The molecule has 0 bridgehead atoms. The third-order valence-corrected chi connectivity index (χ3v) is 5.37. The van der Waals surface area contributed by atoms with Gasteiger partial charge in [0.1, 0.15) is 0 Å². The number of hydrogen-bond acceptors (Lipinski definition) is 3. The molecule has 3 aromatic rings. The van der Waals surface area contributed by atoms with Crippen molar-refractivity contribution in [1.29, 1.82) is 0 Å². The second kappa shape index (κ2) is 5.63. The van der Waals surface area contributed by atoms with Crippen LogP contribution in [0.1, 0.15) is 36.4 Å². The maximum absolute atomic E-state index is 4.58. The van der Waals surface area contributed by atoms with Gasteiger partial charge >= 0.3 is 130 Å². The number of fused-ring (bicyclic) bond motifs is 2. The fraction of sp³-hybridized carbons (Fsp3) is 0.294. The molecule has 1 N–H and O–H groups in total. The predicted octanol–water partition coefficient (Wildman–Crippen LogP) is 3.57. The number of aryl methyl sites for hydroxylation is 1. The normalized spacial score (nSPS) is 18.2. The molecular formula is C17H17N3Se. The summed E-state index contributed by atoms with van der Waals surface area (Å²) < 4.78 is 9.05. The Hall–Kier alpha value is -1.64. The molecule has 0 spiro atoms. The molecule has 1 unspecified atom stereocenters. The Labute approximate surface area is 130 Å². The summed E-state index contributed by atoms with van der Waals surface area (Å²) in [7, 11) is 0. The van der Waals surface area contributed by atoms with Crippen LogP contribution >= 0.6 is 0 Å². The van der Waals surface area contributed by atoms with Crippen molar-refractivity contribution in [3.8, 4) is 0 Å². The first-order valence-corrected chi connectivity index (χ1v) is 9.01. The van der Waals surface area contributed by atoms with Gasteiger partial charge in [-0.25, -0.2) is 0 Å². The number of rotatable bonds is 2. The van der Waals surface area contributed by atoms with E-state index in [2.05, 4.69) is 55.7 Å². The first-order valence-electron chi connectivity index (χ1n) is 7.47. The Bertz CT molecular complexity index is 765. The fourth-order valence-electron chi connectivity index (χ4n) is 3.18. The third-order valence-electron chi connectivity index (χ3n) is 4.24. The van der Waals surface area contributed by atoms with E-state index in [1.807, 2.05) is 0 Å². The zero-order chi connectivity index (χ0) is 14.1. The summed E-state index contributed by atoms with van der Waals surface area (Å²) in [5, 5.41) is 3.73. The molecule has 0 amide bonds. The van der Waals surface area contributed by atoms with Gasteiger partial charge in [0.2, 0.25) is 0 Å². The minimum absolute atomic E-state index is 0.0292. The molecule has 1 aliphatic carbocycles. The molecule has 3 nitrogen and oxygen atoms in total. The van der Waals surface area contributed by atoms with E-state index in [1.165, 1.54) is 36.8 Å². The Morgan fingerprint density at radius 3 is 2.95 bits per heavy atom. The van der Waals surface area contributed by atoms with E-state index in [0.29, 0.717) is 6.04 Å². The van der Waals surface area contributed by atoms with Crippen LogP contribution < -0.4 is 5.32 Å². The van der Waals surface area contributed by atoms with E-state index >= 15 is 0 Å². The van der Waals surface area contributed by atoms with Crippen LogP contribution in [0, 0.1) is 0 Å². The molecule has 106 valence electrons. The summed E-state index contributed by atoms with van der Waals surface area (Å²) in [6.07, 6.45) is 4.94. The van der Waals surface area contributed by atoms with Crippen LogP contribution in [0.4, 0.5) is 5.69 Å². The van der Waals surface area contributed by atoms with Crippen molar-refractivity contribution in [2.75, 3.05) is 5.32 Å². The molecule has 21 heavy (non-hydrogen) atoms. The van der Waals surface area contributed by atoms with Crippen molar-refractivity contribution in [2.24, 2.45) is 0 Å². The molecule has 0 saturated heterocycles. The SMILES string of the molecule is c1ccc2c(c1)CCCCC2Nc1cccc2n[se]nc12. The molecule has 0 saturated carbocycles. The minimum atomic E-state index is 0.0292. The van der Waals surface area contributed by atoms with Gasteiger partial charge in [-0.1, -0.05) is 0 Å². The Kier molecular flexibility index (Phi) is 3.50. The van der Waals surface area contributed by atoms with Crippen LogP contribution in [-0.2, 0) is 6.42 Å². The number of nitrogens with one attached hydrogen (secondary N) is 1. The van der Waals surface area contributed by atoms with Gasteiger partial charge in [0, 0.05) is 0 Å². The third kappa shape index (κ3) is 2.50. The summed E-state index contributed by atoms with van der Waals surface area (Å²) in [6.45, 7) is 0. The first kappa shape index (κ1) is 13.1. The van der Waals surface area contributed by atoms with Gasteiger partial charge in [0.15, 0.2) is 0 Å². The van der Waals surface area contributed by atoms with Gasteiger partial charge in [-0.2, -0.15) is 0 Å². The summed E-state index contributed by atoms with van der Waals surface area (Å²) in [6, 6.07) is 15.5. The van der Waals surface area contributed by atoms with E-state index in [-0.39, 0.29) is 15.0 Å². The Morgan fingerprint density at radius 1 is 1.00 bits per heavy atom. The van der Waals surface area contributed by atoms with Crippen LogP contribution in [0.2, 0.25) is 0 Å². The molecule has 1 heterocycles. The quantitative estimate of drug-likeness (QED) is 0.572. The van der Waals surface area contributed by atoms with Crippen LogP contribution in [0.25, 0.3) is 11.0 Å². The summed E-state index contributed by atoms with van der Waals surface area (Å²) in [5.41, 5.74) is 6.18. The van der Waals surface area contributed by atoms with Crippen molar-refractivity contribution in [2.45, 2.75) is 31.7 Å². The van der Waals surface area contributed by atoms with Gasteiger partial charge in [-0.3, -0.25) is 0 Å². The topological polar surface area (TPSA) is 37.8 Å². The molecule has 4 rings (SSSR count). The Balaban J connectivity index is 1.72. The van der Waals surface area contributed by atoms with Gasteiger partial charge in [0.05, 0.1) is 0 Å². The second-order valence-electron chi connectivity index (χ2n) is 5.58. The van der Waals surface area contributed by atoms with Gasteiger partial charge in [-0.15, -0.1) is 0 Å². The number of hydrogen-bond donors (Lipinski definition) is 1. The van der Waals surface area contributed by atoms with E-state index in [0.717, 1.165) is 16.7 Å². The van der Waals surface area contributed by atoms with Crippen molar-refractivity contribution in [3.63, 3.8) is 0 Å². The van der Waals surface area contributed by atoms with E-state index < -0.39 is 0 Å². The van der Waals surface area contributed by atoms with Crippen molar-refractivity contribution < 1.29 is 0 Å².